The second kappa shape index (κ2) is 10.0. The molecule has 3 aliphatic heterocycles. The van der Waals surface area contributed by atoms with Crippen LogP contribution in [0.4, 0.5) is 0 Å². The summed E-state index contributed by atoms with van der Waals surface area (Å²) in [6.07, 6.45) is 3.74. The Labute approximate surface area is 143 Å². The van der Waals surface area contributed by atoms with Gasteiger partial charge >= 0.3 is 0 Å². The number of ether oxygens (including phenoxy) is 7. The fourth-order valence-corrected chi connectivity index (χ4v) is 3.35. The highest BCUT2D eigenvalue weighted by Gasteiger charge is 2.48. The molecule has 3 atom stereocenters. The molecule has 3 saturated heterocycles. The number of hydrogen-bond donors (Lipinski definition) is 0. The molecule has 3 rings (SSSR count). The van der Waals surface area contributed by atoms with E-state index in [1.807, 2.05) is 0 Å². The van der Waals surface area contributed by atoms with E-state index in [0.29, 0.717) is 59.5 Å². The highest BCUT2D eigenvalue weighted by Crippen LogP contribution is 2.37. The van der Waals surface area contributed by atoms with Crippen molar-refractivity contribution in [1.82, 2.24) is 0 Å². The smallest absolute Gasteiger partial charge is 0.194 e. The predicted octanol–water partition coefficient (Wildman–Crippen LogP) is 1.14. The first kappa shape index (κ1) is 18.5. The predicted molar refractivity (Wildman–Crippen MR) is 85.0 cm³/mol. The Bertz CT molecular complexity index is 346. The Morgan fingerprint density at radius 1 is 0.625 bits per heavy atom. The molecule has 0 aromatic carbocycles. The quantitative estimate of drug-likeness (QED) is 0.652. The summed E-state index contributed by atoms with van der Waals surface area (Å²) in [5.41, 5.74) is 0. The molecule has 3 aliphatic rings. The molecule has 0 aromatic heterocycles. The Morgan fingerprint density at radius 2 is 1.29 bits per heavy atom. The lowest BCUT2D eigenvalue weighted by Crippen LogP contribution is -2.57. The number of hydrogen-bond acceptors (Lipinski definition) is 7. The number of rotatable bonds is 0. The number of fused-ring (bicyclic) bond motifs is 3. The molecule has 7 heteroatoms. The van der Waals surface area contributed by atoms with E-state index < -0.39 is 5.79 Å². The summed E-state index contributed by atoms with van der Waals surface area (Å²) in [6, 6.07) is 0. The topological polar surface area (TPSA) is 64.6 Å². The van der Waals surface area contributed by atoms with Crippen molar-refractivity contribution in [2.45, 2.75) is 43.7 Å². The van der Waals surface area contributed by atoms with Crippen LogP contribution in [0.25, 0.3) is 0 Å². The van der Waals surface area contributed by atoms with Gasteiger partial charge in [-0.1, -0.05) is 0 Å². The van der Waals surface area contributed by atoms with Gasteiger partial charge < -0.3 is 33.2 Å². The lowest BCUT2D eigenvalue weighted by molar-refractivity contribution is -0.338. The Balaban J connectivity index is 1.55. The largest absolute Gasteiger partial charge is 0.377 e. The maximum absolute atomic E-state index is 6.10. The van der Waals surface area contributed by atoms with Gasteiger partial charge in [0.2, 0.25) is 0 Å². The normalized spacial score (nSPS) is 38.0. The van der Waals surface area contributed by atoms with Gasteiger partial charge in [-0.3, -0.25) is 0 Å². The summed E-state index contributed by atoms with van der Waals surface area (Å²) in [6.45, 7) is 5.74. The molecule has 0 N–H and O–H groups in total. The third-order valence-corrected chi connectivity index (χ3v) is 4.62. The zero-order chi connectivity index (χ0) is 16.5. The van der Waals surface area contributed by atoms with Crippen LogP contribution < -0.4 is 0 Å². The van der Waals surface area contributed by atoms with Crippen molar-refractivity contribution in [3.8, 4) is 0 Å². The van der Waals surface area contributed by atoms with E-state index in [1.165, 1.54) is 0 Å². The first-order valence-electron chi connectivity index (χ1n) is 9.13. The van der Waals surface area contributed by atoms with Gasteiger partial charge in [0.15, 0.2) is 5.79 Å². The second-order valence-corrected chi connectivity index (χ2v) is 6.35. The van der Waals surface area contributed by atoms with Crippen molar-refractivity contribution in [2.24, 2.45) is 0 Å². The average Bonchev–Trinajstić information content (AvgIpc) is 2.61. The second-order valence-electron chi connectivity index (χ2n) is 6.35. The van der Waals surface area contributed by atoms with Crippen LogP contribution in [-0.2, 0) is 33.2 Å². The monoisotopic (exact) mass is 346 g/mol. The van der Waals surface area contributed by atoms with Crippen LogP contribution in [0.1, 0.15) is 25.7 Å². The zero-order valence-electron chi connectivity index (χ0n) is 14.4. The fourth-order valence-electron chi connectivity index (χ4n) is 3.35. The zero-order valence-corrected chi connectivity index (χ0v) is 14.4. The summed E-state index contributed by atoms with van der Waals surface area (Å²) in [4.78, 5) is 0. The van der Waals surface area contributed by atoms with Crippen molar-refractivity contribution in [1.29, 1.82) is 0 Å². The van der Waals surface area contributed by atoms with Crippen LogP contribution in [0.2, 0.25) is 0 Å². The van der Waals surface area contributed by atoms with E-state index in [2.05, 4.69) is 0 Å². The van der Waals surface area contributed by atoms with Gasteiger partial charge in [-0.15, -0.1) is 0 Å². The fraction of sp³-hybridized carbons (Fsp3) is 1.00. The summed E-state index contributed by atoms with van der Waals surface area (Å²) < 4.78 is 40.5. The summed E-state index contributed by atoms with van der Waals surface area (Å²) in [7, 11) is 0. The van der Waals surface area contributed by atoms with Gasteiger partial charge in [0, 0.05) is 12.8 Å². The van der Waals surface area contributed by atoms with Gasteiger partial charge in [-0.05, 0) is 12.8 Å². The minimum atomic E-state index is -0.608. The summed E-state index contributed by atoms with van der Waals surface area (Å²) in [5.74, 6) is -0.608. The molecule has 140 valence electrons. The third kappa shape index (κ3) is 5.36. The van der Waals surface area contributed by atoms with Crippen molar-refractivity contribution in [3.05, 3.63) is 0 Å². The van der Waals surface area contributed by atoms with E-state index in [-0.39, 0.29) is 12.2 Å². The van der Waals surface area contributed by atoms with Gasteiger partial charge in [-0.25, -0.2) is 0 Å². The molecule has 2 bridgehead atoms. The van der Waals surface area contributed by atoms with E-state index in [9.17, 15) is 0 Å². The SMILES string of the molecule is C1CC[C@]2(OC1)OC[C@@H]1C[C@H]2OCCOCCOCCOCCO1. The van der Waals surface area contributed by atoms with Crippen molar-refractivity contribution in [2.75, 3.05) is 66.1 Å². The van der Waals surface area contributed by atoms with E-state index in [1.54, 1.807) is 0 Å². The molecule has 1 spiro atoms. The molecular weight excluding hydrogens is 316 g/mol. The maximum Gasteiger partial charge on any atom is 0.194 e. The van der Waals surface area contributed by atoms with Crippen LogP contribution in [-0.4, -0.2) is 84.1 Å². The molecule has 7 nitrogen and oxygen atoms in total. The molecule has 0 radical (unpaired) electrons. The van der Waals surface area contributed by atoms with Crippen LogP contribution in [0.3, 0.4) is 0 Å². The molecule has 0 aliphatic carbocycles. The molecule has 3 heterocycles. The highest BCUT2D eigenvalue weighted by atomic mass is 16.7. The van der Waals surface area contributed by atoms with E-state index in [4.69, 9.17) is 33.2 Å². The summed E-state index contributed by atoms with van der Waals surface area (Å²) >= 11 is 0. The van der Waals surface area contributed by atoms with Crippen LogP contribution >= 0.6 is 0 Å². The molecule has 0 amide bonds. The van der Waals surface area contributed by atoms with Gasteiger partial charge in [0.25, 0.3) is 0 Å². The van der Waals surface area contributed by atoms with Crippen molar-refractivity contribution >= 4 is 0 Å². The standard InChI is InChI=1S/C17H30O7/c1-2-4-23-17(3-1)16-13-15(14-24-17)21-11-9-19-7-5-18-6-8-20-10-12-22-16/h15-16H,1-14H2/t15-,16+,17-/m0/s1. The Morgan fingerprint density at radius 3 is 1.96 bits per heavy atom. The van der Waals surface area contributed by atoms with E-state index >= 15 is 0 Å². The van der Waals surface area contributed by atoms with Gasteiger partial charge in [-0.2, -0.15) is 0 Å². The molecule has 24 heavy (non-hydrogen) atoms. The molecule has 3 fully saturated rings. The van der Waals surface area contributed by atoms with Crippen molar-refractivity contribution < 1.29 is 33.2 Å². The lowest BCUT2D eigenvalue weighted by atomic mass is 9.93. The van der Waals surface area contributed by atoms with Crippen molar-refractivity contribution in [3.63, 3.8) is 0 Å². The average molecular weight is 346 g/mol. The van der Waals surface area contributed by atoms with Crippen LogP contribution in [0.5, 0.6) is 0 Å². The van der Waals surface area contributed by atoms with Gasteiger partial charge in [0.1, 0.15) is 6.10 Å². The first-order chi connectivity index (χ1) is 11.9. The maximum atomic E-state index is 6.10. The van der Waals surface area contributed by atoms with E-state index in [0.717, 1.165) is 32.3 Å². The minimum Gasteiger partial charge on any atom is -0.377 e. The first-order valence-corrected chi connectivity index (χ1v) is 9.13. The molecular formula is C17H30O7. The Kier molecular flexibility index (Phi) is 7.72. The summed E-state index contributed by atoms with van der Waals surface area (Å²) in [5, 5.41) is 0. The Hall–Kier alpha value is -0.280. The lowest BCUT2D eigenvalue weighted by Gasteiger charge is -2.47. The molecule has 0 aromatic rings. The molecule has 0 saturated carbocycles. The molecule has 0 unspecified atom stereocenters. The van der Waals surface area contributed by atoms with Crippen LogP contribution in [0.15, 0.2) is 0 Å². The third-order valence-electron chi connectivity index (χ3n) is 4.62. The van der Waals surface area contributed by atoms with Crippen LogP contribution in [0, 0.1) is 0 Å². The van der Waals surface area contributed by atoms with Gasteiger partial charge in [0.05, 0.1) is 72.2 Å². The highest BCUT2D eigenvalue weighted by molar-refractivity contribution is 4.90. The minimum absolute atomic E-state index is 0.0137.